The maximum atomic E-state index is 10.8. The lowest BCUT2D eigenvalue weighted by Gasteiger charge is -2.08. The topological polar surface area (TPSA) is 50.2 Å². The Morgan fingerprint density at radius 2 is 2.31 bits per heavy atom. The van der Waals surface area contributed by atoms with Gasteiger partial charge in [-0.05, 0) is 25.5 Å². The minimum atomic E-state index is -0.805. The van der Waals surface area contributed by atoms with Crippen LogP contribution in [0, 0.1) is 6.92 Å². The predicted molar refractivity (Wildman–Crippen MR) is 49.6 cm³/mol. The monoisotopic (exact) mass is 179 g/mol. The molecular weight excluding hydrogens is 166 g/mol. The molecule has 3 heteroatoms. The van der Waals surface area contributed by atoms with Gasteiger partial charge < -0.3 is 5.11 Å². The van der Waals surface area contributed by atoms with Crippen LogP contribution in [0.5, 0.6) is 0 Å². The van der Waals surface area contributed by atoms with E-state index < -0.39 is 11.9 Å². The van der Waals surface area contributed by atoms with Gasteiger partial charge >= 0.3 is 5.97 Å². The molecule has 0 aliphatic carbocycles. The lowest BCUT2D eigenvalue weighted by Crippen LogP contribution is -2.12. The van der Waals surface area contributed by atoms with Gasteiger partial charge in [0.15, 0.2) is 0 Å². The minimum absolute atomic E-state index is 0.472. The third-order valence-electron chi connectivity index (χ3n) is 1.97. The third-order valence-corrected chi connectivity index (χ3v) is 1.97. The molecule has 0 amide bonds. The molecule has 1 aromatic rings. The van der Waals surface area contributed by atoms with Crippen LogP contribution in [0.15, 0.2) is 18.2 Å². The highest BCUT2D eigenvalue weighted by molar-refractivity contribution is 5.75. The summed E-state index contributed by atoms with van der Waals surface area (Å²) in [5.74, 6) is -1.28. The van der Waals surface area contributed by atoms with Crippen LogP contribution >= 0.6 is 0 Å². The van der Waals surface area contributed by atoms with Gasteiger partial charge in [-0.15, -0.1) is 0 Å². The lowest BCUT2D eigenvalue weighted by molar-refractivity contribution is -0.138. The van der Waals surface area contributed by atoms with Gasteiger partial charge in [-0.1, -0.05) is 13.0 Å². The summed E-state index contributed by atoms with van der Waals surface area (Å²) in [7, 11) is 0. The highest BCUT2D eigenvalue weighted by atomic mass is 16.4. The van der Waals surface area contributed by atoms with E-state index in [-0.39, 0.29) is 0 Å². The zero-order chi connectivity index (χ0) is 9.84. The molecule has 1 N–H and O–H groups in total. The van der Waals surface area contributed by atoms with Crippen LogP contribution < -0.4 is 0 Å². The molecule has 1 heterocycles. The van der Waals surface area contributed by atoms with E-state index in [0.717, 1.165) is 5.69 Å². The molecule has 0 fully saturated rings. The smallest absolute Gasteiger partial charge is 0.312 e. The lowest BCUT2D eigenvalue weighted by atomic mass is 10.0. The number of carboxylic acids is 1. The number of carboxylic acid groups (broad SMARTS) is 1. The molecule has 0 aliphatic rings. The van der Waals surface area contributed by atoms with E-state index in [1.807, 2.05) is 26.0 Å². The van der Waals surface area contributed by atoms with Crippen molar-refractivity contribution in [3.63, 3.8) is 0 Å². The minimum Gasteiger partial charge on any atom is -0.481 e. The number of hydrogen-bond acceptors (Lipinski definition) is 2. The number of carbonyl (C=O) groups is 1. The fourth-order valence-electron chi connectivity index (χ4n) is 1.27. The van der Waals surface area contributed by atoms with Crippen LogP contribution in [-0.2, 0) is 4.79 Å². The van der Waals surface area contributed by atoms with Gasteiger partial charge in [-0.3, -0.25) is 9.78 Å². The molecule has 70 valence electrons. The average molecular weight is 179 g/mol. The van der Waals surface area contributed by atoms with E-state index in [0.29, 0.717) is 12.1 Å². The van der Waals surface area contributed by atoms with E-state index >= 15 is 0 Å². The number of aryl methyl sites for hydroxylation is 1. The van der Waals surface area contributed by atoms with Crippen LogP contribution in [0.2, 0.25) is 0 Å². The van der Waals surface area contributed by atoms with E-state index in [4.69, 9.17) is 5.11 Å². The van der Waals surface area contributed by atoms with Crippen LogP contribution in [-0.4, -0.2) is 16.1 Å². The molecule has 0 saturated carbocycles. The van der Waals surface area contributed by atoms with Crippen molar-refractivity contribution in [1.82, 2.24) is 4.98 Å². The highest BCUT2D eigenvalue weighted by Crippen LogP contribution is 2.17. The van der Waals surface area contributed by atoms with Gasteiger partial charge in [-0.25, -0.2) is 0 Å². The van der Waals surface area contributed by atoms with Crippen molar-refractivity contribution in [1.29, 1.82) is 0 Å². The maximum absolute atomic E-state index is 10.8. The van der Waals surface area contributed by atoms with Crippen molar-refractivity contribution >= 4 is 5.97 Å². The summed E-state index contributed by atoms with van der Waals surface area (Å²) in [4.78, 5) is 15.0. The summed E-state index contributed by atoms with van der Waals surface area (Å²) in [6, 6.07) is 5.45. The molecule has 0 radical (unpaired) electrons. The summed E-state index contributed by atoms with van der Waals surface area (Å²) in [6.45, 7) is 3.71. The molecule has 1 unspecified atom stereocenters. The molecule has 0 aromatic carbocycles. The second-order valence-corrected chi connectivity index (χ2v) is 3.00. The van der Waals surface area contributed by atoms with E-state index in [2.05, 4.69) is 4.98 Å². The van der Waals surface area contributed by atoms with Crippen LogP contribution in [0.4, 0.5) is 0 Å². The Bertz CT molecular complexity index is 310. The molecule has 1 rings (SSSR count). The first-order chi connectivity index (χ1) is 6.15. The Kier molecular flexibility index (Phi) is 3.01. The van der Waals surface area contributed by atoms with Crippen LogP contribution in [0.25, 0.3) is 0 Å². The second kappa shape index (κ2) is 4.03. The molecule has 1 aromatic heterocycles. The van der Waals surface area contributed by atoms with Gasteiger partial charge in [0.05, 0.1) is 11.6 Å². The predicted octanol–water partition coefficient (Wildman–Crippen LogP) is 1.97. The van der Waals surface area contributed by atoms with Crippen molar-refractivity contribution in [2.24, 2.45) is 0 Å². The molecule has 13 heavy (non-hydrogen) atoms. The Labute approximate surface area is 77.4 Å². The SMILES string of the molecule is CCC(C(=O)O)c1cccc(C)n1. The number of nitrogens with zero attached hydrogens (tertiary/aromatic N) is 1. The van der Waals surface area contributed by atoms with Crippen LogP contribution in [0.3, 0.4) is 0 Å². The first-order valence-electron chi connectivity index (χ1n) is 4.31. The largest absolute Gasteiger partial charge is 0.481 e. The van der Waals surface area contributed by atoms with Gasteiger partial charge in [0, 0.05) is 5.69 Å². The zero-order valence-electron chi connectivity index (χ0n) is 7.82. The quantitative estimate of drug-likeness (QED) is 0.771. The normalized spacial score (nSPS) is 12.5. The number of aliphatic carboxylic acids is 1. The molecule has 0 bridgehead atoms. The second-order valence-electron chi connectivity index (χ2n) is 3.00. The summed E-state index contributed by atoms with van der Waals surface area (Å²) in [6.07, 6.45) is 0.575. The van der Waals surface area contributed by atoms with Gasteiger partial charge in [0.25, 0.3) is 0 Å². The standard InChI is InChI=1S/C10H13NO2/c1-3-8(10(12)13)9-6-4-5-7(2)11-9/h4-6,8H,3H2,1-2H3,(H,12,13). The van der Waals surface area contributed by atoms with E-state index in [9.17, 15) is 4.79 Å². The fraction of sp³-hybridized carbons (Fsp3) is 0.400. The fourth-order valence-corrected chi connectivity index (χ4v) is 1.27. The third kappa shape index (κ3) is 2.28. The molecule has 3 nitrogen and oxygen atoms in total. The van der Waals surface area contributed by atoms with Gasteiger partial charge in [0.2, 0.25) is 0 Å². The molecule has 1 atom stereocenters. The number of pyridine rings is 1. The van der Waals surface area contributed by atoms with Gasteiger partial charge in [-0.2, -0.15) is 0 Å². The van der Waals surface area contributed by atoms with E-state index in [1.54, 1.807) is 6.07 Å². The zero-order valence-corrected chi connectivity index (χ0v) is 7.82. The van der Waals surface area contributed by atoms with Crippen LogP contribution in [0.1, 0.15) is 30.7 Å². The maximum Gasteiger partial charge on any atom is 0.312 e. The average Bonchev–Trinajstić information content (AvgIpc) is 2.04. The van der Waals surface area contributed by atoms with Gasteiger partial charge in [0.1, 0.15) is 0 Å². The van der Waals surface area contributed by atoms with Crippen molar-refractivity contribution in [2.75, 3.05) is 0 Å². The Morgan fingerprint density at radius 3 is 2.77 bits per heavy atom. The highest BCUT2D eigenvalue weighted by Gasteiger charge is 2.18. The van der Waals surface area contributed by atoms with Crippen molar-refractivity contribution in [3.05, 3.63) is 29.6 Å². The van der Waals surface area contributed by atoms with E-state index in [1.165, 1.54) is 0 Å². The van der Waals surface area contributed by atoms with Crippen molar-refractivity contribution in [2.45, 2.75) is 26.2 Å². The number of rotatable bonds is 3. The number of aromatic nitrogens is 1. The molecule has 0 saturated heterocycles. The molecule has 0 spiro atoms. The molecule has 0 aliphatic heterocycles. The Hall–Kier alpha value is -1.38. The van der Waals surface area contributed by atoms with Crippen molar-refractivity contribution < 1.29 is 9.90 Å². The molecular formula is C10H13NO2. The Balaban J connectivity index is 2.98. The summed E-state index contributed by atoms with van der Waals surface area (Å²) < 4.78 is 0. The summed E-state index contributed by atoms with van der Waals surface area (Å²) >= 11 is 0. The summed E-state index contributed by atoms with van der Waals surface area (Å²) in [5, 5.41) is 8.88. The number of hydrogen-bond donors (Lipinski definition) is 1. The van der Waals surface area contributed by atoms with Crippen molar-refractivity contribution in [3.8, 4) is 0 Å². The first-order valence-corrected chi connectivity index (χ1v) is 4.31. The first kappa shape index (κ1) is 9.71. The Morgan fingerprint density at radius 1 is 1.62 bits per heavy atom. The summed E-state index contributed by atoms with van der Waals surface area (Å²) in [5.41, 5.74) is 1.51.